The predicted molar refractivity (Wildman–Crippen MR) is 98.9 cm³/mol. The SMILES string of the molecule is Cc1nc2ccc(-n3ncc4c(cnn4-c4ccccc4)c3=O)cc2[nH]1. The van der Waals surface area contributed by atoms with Gasteiger partial charge in [-0.05, 0) is 37.3 Å². The van der Waals surface area contributed by atoms with Crippen LogP contribution in [-0.2, 0) is 0 Å². The lowest BCUT2D eigenvalue weighted by molar-refractivity contribution is 0.817. The zero-order valence-corrected chi connectivity index (χ0v) is 13.9. The van der Waals surface area contributed by atoms with Crippen molar-refractivity contribution < 1.29 is 0 Å². The molecule has 0 saturated carbocycles. The van der Waals surface area contributed by atoms with Crippen LogP contribution in [0.2, 0.25) is 0 Å². The van der Waals surface area contributed by atoms with E-state index in [0.717, 1.165) is 22.5 Å². The zero-order valence-electron chi connectivity index (χ0n) is 13.9. The molecule has 0 bridgehead atoms. The van der Waals surface area contributed by atoms with Gasteiger partial charge in [0.1, 0.15) is 5.82 Å². The molecule has 5 rings (SSSR count). The minimum Gasteiger partial charge on any atom is -0.342 e. The van der Waals surface area contributed by atoms with Crippen molar-refractivity contribution >= 4 is 21.9 Å². The zero-order chi connectivity index (χ0) is 17.7. The molecule has 0 atom stereocenters. The lowest BCUT2D eigenvalue weighted by atomic mass is 10.2. The number of hydrogen-bond donors (Lipinski definition) is 1. The van der Waals surface area contributed by atoms with Gasteiger partial charge in [0.25, 0.3) is 5.56 Å². The van der Waals surface area contributed by atoms with Gasteiger partial charge in [-0.1, -0.05) is 18.2 Å². The van der Waals surface area contributed by atoms with Crippen molar-refractivity contribution in [1.29, 1.82) is 0 Å². The number of nitrogens with one attached hydrogen (secondary N) is 1. The predicted octanol–water partition coefficient (Wildman–Crippen LogP) is 2.76. The largest absolute Gasteiger partial charge is 0.342 e. The number of aromatic amines is 1. The maximum absolute atomic E-state index is 12.9. The summed E-state index contributed by atoms with van der Waals surface area (Å²) in [5.41, 5.74) is 3.76. The molecule has 126 valence electrons. The average molecular weight is 342 g/mol. The second kappa shape index (κ2) is 5.38. The van der Waals surface area contributed by atoms with Crippen LogP contribution in [0.5, 0.6) is 0 Å². The number of para-hydroxylation sites is 1. The molecule has 0 saturated heterocycles. The Kier molecular flexibility index (Phi) is 3.02. The smallest absolute Gasteiger partial charge is 0.282 e. The van der Waals surface area contributed by atoms with Crippen LogP contribution in [-0.4, -0.2) is 29.5 Å². The summed E-state index contributed by atoms with van der Waals surface area (Å²) in [7, 11) is 0. The molecule has 2 aromatic carbocycles. The molecule has 5 aromatic rings. The first-order valence-corrected chi connectivity index (χ1v) is 8.19. The molecule has 0 unspecified atom stereocenters. The third-order valence-corrected chi connectivity index (χ3v) is 4.35. The van der Waals surface area contributed by atoms with Crippen LogP contribution in [0, 0.1) is 6.92 Å². The van der Waals surface area contributed by atoms with Crippen molar-refractivity contribution in [2.75, 3.05) is 0 Å². The fourth-order valence-electron chi connectivity index (χ4n) is 3.14. The van der Waals surface area contributed by atoms with Gasteiger partial charge in [0.15, 0.2) is 0 Å². The van der Waals surface area contributed by atoms with E-state index in [1.165, 1.54) is 4.68 Å². The summed E-state index contributed by atoms with van der Waals surface area (Å²) in [5.74, 6) is 0.831. The molecule has 0 amide bonds. The lowest BCUT2D eigenvalue weighted by Crippen LogP contribution is -2.20. The molecule has 26 heavy (non-hydrogen) atoms. The van der Waals surface area contributed by atoms with Gasteiger partial charge < -0.3 is 4.98 Å². The van der Waals surface area contributed by atoms with E-state index >= 15 is 0 Å². The summed E-state index contributed by atoms with van der Waals surface area (Å²) < 4.78 is 3.10. The summed E-state index contributed by atoms with van der Waals surface area (Å²) in [6, 6.07) is 15.3. The van der Waals surface area contributed by atoms with Gasteiger partial charge >= 0.3 is 0 Å². The molecule has 1 N–H and O–H groups in total. The Labute approximate surface area is 147 Å². The van der Waals surface area contributed by atoms with E-state index in [-0.39, 0.29) is 5.56 Å². The first-order chi connectivity index (χ1) is 12.7. The van der Waals surface area contributed by atoms with Crippen molar-refractivity contribution in [2.24, 2.45) is 0 Å². The fourth-order valence-corrected chi connectivity index (χ4v) is 3.14. The molecule has 3 aromatic heterocycles. The van der Waals surface area contributed by atoms with Crippen LogP contribution in [0.1, 0.15) is 5.82 Å². The number of rotatable bonds is 2. The molecule has 7 nitrogen and oxygen atoms in total. The molecule has 0 aliphatic carbocycles. The van der Waals surface area contributed by atoms with Crippen LogP contribution >= 0.6 is 0 Å². The van der Waals surface area contributed by atoms with Crippen molar-refractivity contribution in [2.45, 2.75) is 6.92 Å². The highest BCUT2D eigenvalue weighted by Crippen LogP contribution is 2.18. The topological polar surface area (TPSA) is 81.4 Å². The van der Waals surface area contributed by atoms with E-state index in [1.54, 1.807) is 17.1 Å². The second-order valence-electron chi connectivity index (χ2n) is 6.08. The van der Waals surface area contributed by atoms with E-state index in [1.807, 2.05) is 55.5 Å². The molecule has 3 heterocycles. The Morgan fingerprint density at radius 3 is 2.58 bits per heavy atom. The van der Waals surface area contributed by atoms with Crippen molar-refractivity contribution in [3.05, 3.63) is 77.1 Å². The van der Waals surface area contributed by atoms with Crippen molar-refractivity contribution in [3.8, 4) is 11.4 Å². The number of hydrogen-bond acceptors (Lipinski definition) is 4. The van der Waals surface area contributed by atoms with Crippen LogP contribution in [0.15, 0.2) is 65.7 Å². The number of fused-ring (bicyclic) bond motifs is 2. The fraction of sp³-hybridized carbons (Fsp3) is 0.0526. The summed E-state index contributed by atoms with van der Waals surface area (Å²) in [4.78, 5) is 20.5. The quantitative estimate of drug-likeness (QED) is 0.535. The van der Waals surface area contributed by atoms with Crippen molar-refractivity contribution in [1.82, 2.24) is 29.5 Å². The monoisotopic (exact) mass is 342 g/mol. The first-order valence-electron chi connectivity index (χ1n) is 8.19. The van der Waals surface area contributed by atoms with E-state index < -0.39 is 0 Å². The Morgan fingerprint density at radius 1 is 0.923 bits per heavy atom. The van der Waals surface area contributed by atoms with Gasteiger partial charge in [0.05, 0.1) is 45.7 Å². The second-order valence-corrected chi connectivity index (χ2v) is 6.08. The average Bonchev–Trinajstić information content (AvgIpc) is 3.25. The molecular formula is C19H14N6O. The Morgan fingerprint density at radius 2 is 1.73 bits per heavy atom. The van der Waals surface area contributed by atoms with Gasteiger partial charge in [-0.3, -0.25) is 4.79 Å². The number of H-pyrrole nitrogens is 1. The van der Waals surface area contributed by atoms with E-state index in [2.05, 4.69) is 20.2 Å². The van der Waals surface area contributed by atoms with Gasteiger partial charge in [0.2, 0.25) is 0 Å². The highest BCUT2D eigenvalue weighted by molar-refractivity contribution is 5.80. The Balaban J connectivity index is 1.69. The van der Waals surface area contributed by atoms with Crippen LogP contribution < -0.4 is 5.56 Å². The molecule has 0 radical (unpaired) electrons. The number of aromatic nitrogens is 6. The van der Waals surface area contributed by atoms with Gasteiger partial charge in [-0.15, -0.1) is 0 Å². The molecule has 0 spiro atoms. The maximum Gasteiger partial charge on any atom is 0.282 e. The highest BCUT2D eigenvalue weighted by atomic mass is 16.1. The third-order valence-electron chi connectivity index (χ3n) is 4.35. The molecule has 0 fully saturated rings. The molecule has 0 aliphatic heterocycles. The van der Waals surface area contributed by atoms with E-state index in [4.69, 9.17) is 0 Å². The van der Waals surface area contributed by atoms with Crippen LogP contribution in [0.25, 0.3) is 33.3 Å². The van der Waals surface area contributed by atoms with Crippen LogP contribution in [0.3, 0.4) is 0 Å². The summed E-state index contributed by atoms with van der Waals surface area (Å²) in [6.45, 7) is 1.90. The summed E-state index contributed by atoms with van der Waals surface area (Å²) >= 11 is 0. The van der Waals surface area contributed by atoms with Crippen molar-refractivity contribution in [3.63, 3.8) is 0 Å². The van der Waals surface area contributed by atoms with Gasteiger partial charge in [-0.2, -0.15) is 14.9 Å². The number of imidazole rings is 1. The number of nitrogens with zero attached hydrogens (tertiary/aromatic N) is 5. The molecular weight excluding hydrogens is 328 g/mol. The first kappa shape index (κ1) is 14.6. The number of benzene rings is 2. The molecule has 0 aliphatic rings. The molecule has 7 heteroatoms. The maximum atomic E-state index is 12.9. The minimum atomic E-state index is -0.208. The van der Waals surface area contributed by atoms with Gasteiger partial charge in [-0.25, -0.2) is 9.67 Å². The highest BCUT2D eigenvalue weighted by Gasteiger charge is 2.12. The Bertz CT molecular complexity index is 1310. The van der Waals surface area contributed by atoms with E-state index in [9.17, 15) is 4.79 Å². The summed E-state index contributed by atoms with van der Waals surface area (Å²) in [5, 5.41) is 9.24. The van der Waals surface area contributed by atoms with E-state index in [0.29, 0.717) is 16.6 Å². The third kappa shape index (κ3) is 2.14. The van der Waals surface area contributed by atoms with Gasteiger partial charge in [0, 0.05) is 0 Å². The number of aryl methyl sites for hydroxylation is 1. The summed E-state index contributed by atoms with van der Waals surface area (Å²) in [6.07, 6.45) is 3.25. The van der Waals surface area contributed by atoms with Crippen LogP contribution in [0.4, 0.5) is 0 Å². The lowest BCUT2D eigenvalue weighted by Gasteiger charge is -2.06. The standard InChI is InChI=1S/C19H14N6O/c1-12-22-16-8-7-14(9-17(16)23-12)25-19(26)15-10-20-24(18(15)11-21-25)13-5-3-2-4-6-13/h2-11H,1H3,(H,22,23). The minimum absolute atomic E-state index is 0.208. The normalized spacial score (nSPS) is 11.4. The Hall–Kier alpha value is -3.74.